The third-order valence-electron chi connectivity index (χ3n) is 4.13. The largest absolute Gasteiger partial charge is 0.490 e. The molecule has 1 aromatic heterocycles. The smallest absolute Gasteiger partial charge is 0.407 e. The molecule has 0 aliphatic heterocycles. The summed E-state index contributed by atoms with van der Waals surface area (Å²) in [7, 11) is 3.71. The molecule has 2 amide bonds. The topological polar surface area (TPSA) is 102 Å². The molecular weight excluding hydrogens is 497 g/mol. The minimum absolute atomic E-state index is 0.0463. The van der Waals surface area contributed by atoms with Gasteiger partial charge in [-0.25, -0.2) is 4.79 Å². The number of rotatable bonds is 12. The van der Waals surface area contributed by atoms with E-state index in [1.807, 2.05) is 19.0 Å². The van der Waals surface area contributed by atoms with Crippen molar-refractivity contribution in [2.45, 2.75) is 13.0 Å². The van der Waals surface area contributed by atoms with Gasteiger partial charge in [-0.2, -0.15) is 8.78 Å². The zero-order valence-corrected chi connectivity index (χ0v) is 20.0. The molecule has 0 unspecified atom stereocenters. The second-order valence-corrected chi connectivity index (χ2v) is 7.85. The van der Waals surface area contributed by atoms with Crippen molar-refractivity contribution in [2.75, 3.05) is 45.7 Å². The van der Waals surface area contributed by atoms with Gasteiger partial charge in [-0.15, -0.1) is 0 Å². The average molecular weight is 521 g/mol. The van der Waals surface area contributed by atoms with Crippen molar-refractivity contribution in [3.63, 3.8) is 0 Å². The average Bonchev–Trinajstić information content (AvgIpc) is 2.76. The lowest BCUT2D eigenvalue weighted by atomic mass is 10.2. The van der Waals surface area contributed by atoms with Gasteiger partial charge in [0, 0.05) is 31.0 Å². The zero-order valence-electron chi connectivity index (χ0n) is 18.4. The number of anilines is 1. The van der Waals surface area contributed by atoms with Crippen LogP contribution in [0.5, 0.6) is 11.5 Å². The Morgan fingerprint density at radius 2 is 1.82 bits per heavy atom. The summed E-state index contributed by atoms with van der Waals surface area (Å²) in [6.07, 6.45) is 2.39. The van der Waals surface area contributed by atoms with E-state index in [1.54, 1.807) is 0 Å². The number of carbonyl (C=O) groups is 2. The minimum atomic E-state index is -3.09. The summed E-state index contributed by atoms with van der Waals surface area (Å²) in [6.45, 7) is -1.98. The summed E-state index contributed by atoms with van der Waals surface area (Å²) in [4.78, 5) is 29.9. The molecule has 0 atom stereocenters. The number of nitrogens with one attached hydrogen (secondary N) is 2. The molecule has 0 radical (unpaired) electrons. The summed E-state index contributed by atoms with van der Waals surface area (Å²) >= 11 is 12.0. The van der Waals surface area contributed by atoms with Crippen LogP contribution in [0.1, 0.15) is 16.8 Å². The van der Waals surface area contributed by atoms with Crippen molar-refractivity contribution in [3.8, 4) is 11.5 Å². The molecule has 9 nitrogen and oxygen atoms in total. The molecule has 34 heavy (non-hydrogen) atoms. The van der Waals surface area contributed by atoms with Gasteiger partial charge in [0.1, 0.15) is 6.61 Å². The maximum absolute atomic E-state index is 12.8. The first kappa shape index (κ1) is 27.4. The van der Waals surface area contributed by atoms with Crippen LogP contribution in [0.3, 0.4) is 0 Å². The SMILES string of the molecule is CN(C)CCOC(=O)NCCCOc1cc(C(=O)Nc2c(Cl)cncc2Cl)ccc1OC(F)F. The fourth-order valence-corrected chi connectivity index (χ4v) is 2.95. The predicted molar refractivity (Wildman–Crippen MR) is 123 cm³/mol. The van der Waals surface area contributed by atoms with Crippen molar-refractivity contribution < 1.29 is 32.6 Å². The second-order valence-electron chi connectivity index (χ2n) is 7.04. The Kier molecular flexibility index (Phi) is 11.0. The molecule has 1 aromatic carbocycles. The molecule has 0 aliphatic rings. The van der Waals surface area contributed by atoms with Crippen molar-refractivity contribution >= 4 is 40.9 Å². The number of hydrogen-bond acceptors (Lipinski definition) is 7. The first-order chi connectivity index (χ1) is 16.2. The Bertz CT molecular complexity index is 962. The summed E-state index contributed by atoms with van der Waals surface area (Å²) in [6, 6.07) is 3.72. The molecule has 0 spiro atoms. The zero-order chi connectivity index (χ0) is 25.1. The van der Waals surface area contributed by atoms with Gasteiger partial charge in [0.05, 0.1) is 22.3 Å². The van der Waals surface area contributed by atoms with E-state index in [0.717, 1.165) is 0 Å². The van der Waals surface area contributed by atoms with Crippen LogP contribution < -0.4 is 20.1 Å². The number of benzene rings is 1. The Labute approximate surface area is 205 Å². The first-order valence-electron chi connectivity index (χ1n) is 10.0. The van der Waals surface area contributed by atoms with Gasteiger partial charge in [-0.3, -0.25) is 9.78 Å². The Hall–Kier alpha value is -2.89. The number of halogens is 4. The second kappa shape index (κ2) is 13.7. The molecule has 1 heterocycles. The number of ether oxygens (including phenoxy) is 3. The molecular formula is C21H24Cl2F2N4O5. The van der Waals surface area contributed by atoms with Crippen molar-refractivity contribution in [2.24, 2.45) is 0 Å². The molecule has 2 N–H and O–H groups in total. The summed E-state index contributed by atoms with van der Waals surface area (Å²) < 4.78 is 40.5. The predicted octanol–water partition coefficient (Wildman–Crippen LogP) is 4.30. The molecule has 0 aliphatic carbocycles. The van der Waals surface area contributed by atoms with E-state index in [0.29, 0.717) is 13.0 Å². The maximum atomic E-state index is 12.8. The van der Waals surface area contributed by atoms with Crippen LogP contribution in [0.2, 0.25) is 10.0 Å². The molecule has 0 saturated carbocycles. The number of alkyl carbamates (subject to hydrolysis) is 1. The summed E-state index contributed by atoms with van der Waals surface area (Å²) in [5.41, 5.74) is 0.241. The third-order valence-corrected chi connectivity index (χ3v) is 4.71. The highest BCUT2D eigenvalue weighted by atomic mass is 35.5. The van der Waals surface area contributed by atoms with Crippen molar-refractivity contribution in [1.82, 2.24) is 15.2 Å². The van der Waals surface area contributed by atoms with E-state index in [9.17, 15) is 18.4 Å². The van der Waals surface area contributed by atoms with E-state index in [1.165, 1.54) is 30.6 Å². The fourth-order valence-electron chi connectivity index (χ4n) is 2.49. The van der Waals surface area contributed by atoms with E-state index >= 15 is 0 Å². The van der Waals surface area contributed by atoms with Gasteiger partial charge in [0.2, 0.25) is 0 Å². The number of aromatic nitrogens is 1. The number of alkyl halides is 2. The van der Waals surface area contributed by atoms with Crippen LogP contribution in [0.15, 0.2) is 30.6 Å². The summed E-state index contributed by atoms with van der Waals surface area (Å²) in [5, 5.41) is 5.35. The molecule has 0 saturated heterocycles. The standard InChI is InChI=1S/C21H24Cl2F2N4O5/c1-29(2)7-9-33-21(31)27-6-3-8-32-17-10-13(4-5-16(17)34-20(24)25)19(30)28-18-14(22)11-26-12-15(18)23/h4-5,10-12,20H,3,6-9H2,1-2H3,(H,27,31)(H,26,28,30). The van der Waals surface area contributed by atoms with E-state index in [-0.39, 0.29) is 52.6 Å². The Morgan fingerprint density at radius 1 is 1.12 bits per heavy atom. The highest BCUT2D eigenvalue weighted by Gasteiger charge is 2.17. The molecule has 186 valence electrons. The Balaban J connectivity index is 1.97. The van der Waals surface area contributed by atoms with Crippen LogP contribution >= 0.6 is 23.2 Å². The van der Waals surface area contributed by atoms with E-state index in [2.05, 4.69) is 20.4 Å². The number of carbonyl (C=O) groups excluding carboxylic acids is 2. The minimum Gasteiger partial charge on any atom is -0.490 e. The van der Waals surface area contributed by atoms with Crippen molar-refractivity contribution in [1.29, 1.82) is 0 Å². The van der Waals surface area contributed by atoms with E-state index < -0.39 is 18.6 Å². The lowest BCUT2D eigenvalue weighted by Gasteiger charge is -2.14. The van der Waals surface area contributed by atoms with Gasteiger partial charge in [-0.05, 0) is 38.7 Å². The number of hydrogen-bond donors (Lipinski definition) is 2. The fraction of sp³-hybridized carbons (Fsp3) is 0.381. The van der Waals surface area contributed by atoms with Crippen molar-refractivity contribution in [3.05, 3.63) is 46.2 Å². The van der Waals surface area contributed by atoms with Crippen LogP contribution in [-0.4, -0.2) is 68.9 Å². The van der Waals surface area contributed by atoms with Gasteiger partial charge < -0.3 is 29.7 Å². The maximum Gasteiger partial charge on any atom is 0.407 e. The molecule has 13 heteroatoms. The van der Waals surface area contributed by atoms with E-state index in [4.69, 9.17) is 32.7 Å². The lowest BCUT2D eigenvalue weighted by molar-refractivity contribution is -0.0515. The van der Waals surface area contributed by atoms with Gasteiger partial charge in [-0.1, -0.05) is 23.2 Å². The Morgan fingerprint density at radius 3 is 2.47 bits per heavy atom. The molecule has 0 fully saturated rings. The van der Waals surface area contributed by atoms with Crippen LogP contribution in [0.4, 0.5) is 19.3 Å². The number of amides is 2. The quantitative estimate of drug-likeness (QED) is 0.402. The van der Waals surface area contributed by atoms with Gasteiger partial charge in [0.15, 0.2) is 11.5 Å². The summed E-state index contributed by atoms with van der Waals surface area (Å²) in [5.74, 6) is -0.929. The number of nitrogens with zero attached hydrogens (tertiary/aromatic N) is 2. The monoisotopic (exact) mass is 520 g/mol. The van der Waals surface area contributed by atoms with Gasteiger partial charge in [0.25, 0.3) is 5.91 Å². The van der Waals surface area contributed by atoms with Gasteiger partial charge >= 0.3 is 12.7 Å². The molecule has 0 bridgehead atoms. The lowest BCUT2D eigenvalue weighted by Crippen LogP contribution is -2.29. The molecule has 2 rings (SSSR count). The number of likely N-dealkylation sites (N-methyl/N-ethyl adjacent to an activating group) is 1. The highest BCUT2D eigenvalue weighted by molar-refractivity contribution is 6.39. The highest BCUT2D eigenvalue weighted by Crippen LogP contribution is 2.32. The normalized spacial score (nSPS) is 10.8. The molecule has 2 aromatic rings. The number of pyridine rings is 1. The van der Waals surface area contributed by atoms with Crippen LogP contribution in [0, 0.1) is 0 Å². The van der Waals surface area contributed by atoms with Crippen LogP contribution in [-0.2, 0) is 4.74 Å². The first-order valence-corrected chi connectivity index (χ1v) is 10.8. The van der Waals surface area contributed by atoms with Crippen LogP contribution in [0.25, 0.3) is 0 Å². The third kappa shape index (κ3) is 9.16.